The van der Waals surface area contributed by atoms with E-state index in [1.165, 1.54) is 0 Å². The summed E-state index contributed by atoms with van der Waals surface area (Å²) in [5.41, 5.74) is 2.86. The zero-order valence-corrected chi connectivity index (χ0v) is 15.8. The molecule has 4 rings (SSSR count). The number of aromatic nitrogens is 4. The fourth-order valence-electron chi connectivity index (χ4n) is 3.93. The zero-order valence-electron chi connectivity index (χ0n) is 15.0. The topological polar surface area (TPSA) is 66.8 Å². The smallest absolute Gasteiger partial charge is 0.251 e. The minimum atomic E-state index is -0.0767. The molecule has 0 spiro atoms. The normalized spacial score (nSPS) is 18.5. The second kappa shape index (κ2) is 6.85. The molecule has 1 fully saturated rings. The summed E-state index contributed by atoms with van der Waals surface area (Å²) in [6.07, 6.45) is 2.13. The Morgan fingerprint density at radius 3 is 3.04 bits per heavy atom. The number of benzene rings is 1. The maximum Gasteiger partial charge on any atom is 0.251 e. The van der Waals surface area contributed by atoms with Gasteiger partial charge in [-0.3, -0.25) is 14.4 Å². The van der Waals surface area contributed by atoms with Gasteiger partial charge in [0.2, 0.25) is 0 Å². The van der Waals surface area contributed by atoms with Crippen LogP contribution in [-0.2, 0) is 13.6 Å². The van der Waals surface area contributed by atoms with Crippen molar-refractivity contribution in [2.45, 2.75) is 32.2 Å². The van der Waals surface area contributed by atoms with E-state index >= 15 is 0 Å². The van der Waals surface area contributed by atoms with Gasteiger partial charge < -0.3 is 4.98 Å². The van der Waals surface area contributed by atoms with Gasteiger partial charge in [-0.05, 0) is 38.4 Å². The Morgan fingerprint density at radius 2 is 2.23 bits per heavy atom. The lowest BCUT2D eigenvalue weighted by molar-refractivity contribution is 0.196. The van der Waals surface area contributed by atoms with E-state index in [2.05, 4.69) is 14.9 Å². The van der Waals surface area contributed by atoms with E-state index in [0.29, 0.717) is 5.82 Å². The number of halogens is 1. The van der Waals surface area contributed by atoms with Gasteiger partial charge in [-0.25, -0.2) is 4.98 Å². The lowest BCUT2D eigenvalue weighted by atomic mass is 9.94. The fraction of sp³-hybridized carbons (Fsp3) is 0.421. The van der Waals surface area contributed by atoms with Crippen molar-refractivity contribution >= 4 is 22.5 Å². The molecular formula is C19H22ClN5O. The molecule has 1 N–H and O–H groups in total. The van der Waals surface area contributed by atoms with E-state index in [4.69, 9.17) is 16.7 Å². The zero-order chi connectivity index (χ0) is 18.3. The molecule has 7 heteroatoms. The highest BCUT2D eigenvalue weighted by molar-refractivity contribution is 6.35. The molecule has 0 unspecified atom stereocenters. The minimum Gasteiger partial charge on any atom is -0.311 e. The van der Waals surface area contributed by atoms with Crippen molar-refractivity contribution in [2.75, 3.05) is 13.1 Å². The number of aryl methyl sites for hydroxylation is 2. The highest BCUT2D eigenvalue weighted by atomic mass is 35.5. The molecule has 0 saturated carbocycles. The van der Waals surface area contributed by atoms with E-state index in [1.54, 1.807) is 6.07 Å². The Labute approximate surface area is 156 Å². The van der Waals surface area contributed by atoms with Gasteiger partial charge in [-0.1, -0.05) is 17.7 Å². The Balaban J connectivity index is 1.59. The number of nitrogens with zero attached hydrogens (tertiary/aromatic N) is 4. The van der Waals surface area contributed by atoms with Crippen LogP contribution in [0, 0.1) is 6.92 Å². The van der Waals surface area contributed by atoms with Crippen LogP contribution in [0.3, 0.4) is 0 Å². The van der Waals surface area contributed by atoms with Gasteiger partial charge in [0, 0.05) is 37.5 Å². The SMILES string of the molecule is Cc1nc([C@H]2CCCN(Cc3nn(C)c4cccc(Cl)c34)C2)cc(=O)[nH]1. The predicted molar refractivity (Wildman–Crippen MR) is 103 cm³/mol. The van der Waals surface area contributed by atoms with E-state index in [1.807, 2.05) is 36.9 Å². The molecule has 0 bridgehead atoms. The first-order valence-electron chi connectivity index (χ1n) is 8.91. The molecule has 1 aliphatic rings. The van der Waals surface area contributed by atoms with E-state index < -0.39 is 0 Å². The molecule has 3 heterocycles. The summed E-state index contributed by atoms with van der Waals surface area (Å²) in [6, 6.07) is 7.54. The number of aromatic amines is 1. The van der Waals surface area contributed by atoms with E-state index in [0.717, 1.165) is 59.8 Å². The largest absolute Gasteiger partial charge is 0.311 e. The van der Waals surface area contributed by atoms with E-state index in [-0.39, 0.29) is 11.5 Å². The molecule has 1 aromatic carbocycles. The van der Waals surface area contributed by atoms with E-state index in [9.17, 15) is 4.79 Å². The summed E-state index contributed by atoms with van der Waals surface area (Å²) in [5.74, 6) is 0.947. The average Bonchev–Trinajstić information content (AvgIpc) is 2.91. The van der Waals surface area contributed by atoms with Crippen LogP contribution in [0.1, 0.15) is 36.0 Å². The van der Waals surface area contributed by atoms with Crippen molar-refractivity contribution in [3.05, 3.63) is 56.9 Å². The van der Waals surface area contributed by atoms with Crippen molar-refractivity contribution in [3.63, 3.8) is 0 Å². The van der Waals surface area contributed by atoms with Crippen molar-refractivity contribution in [1.82, 2.24) is 24.6 Å². The molecule has 1 atom stereocenters. The molecule has 0 aliphatic carbocycles. The van der Waals surface area contributed by atoms with Crippen molar-refractivity contribution in [2.24, 2.45) is 7.05 Å². The standard InChI is InChI=1S/C19H22ClN5O/c1-12-21-15(9-18(26)22-12)13-5-4-8-25(10-13)11-16-19-14(20)6-3-7-17(19)24(2)23-16/h3,6-7,9,13H,4-5,8,10-11H2,1-2H3,(H,21,22,26)/t13-/m0/s1. The summed E-state index contributed by atoms with van der Waals surface area (Å²) in [6.45, 7) is 4.47. The Kier molecular flexibility index (Phi) is 4.54. The highest BCUT2D eigenvalue weighted by Gasteiger charge is 2.24. The maximum atomic E-state index is 11.8. The summed E-state index contributed by atoms with van der Waals surface area (Å²) in [4.78, 5) is 21.4. The van der Waals surface area contributed by atoms with Crippen LogP contribution in [0.2, 0.25) is 5.02 Å². The van der Waals surface area contributed by atoms with Crippen LogP contribution < -0.4 is 5.56 Å². The monoisotopic (exact) mass is 371 g/mol. The first kappa shape index (κ1) is 17.2. The summed E-state index contributed by atoms with van der Waals surface area (Å²) >= 11 is 6.43. The minimum absolute atomic E-state index is 0.0767. The maximum absolute atomic E-state index is 11.8. The highest BCUT2D eigenvalue weighted by Crippen LogP contribution is 2.30. The Morgan fingerprint density at radius 1 is 1.38 bits per heavy atom. The van der Waals surface area contributed by atoms with Gasteiger partial charge in [0.15, 0.2) is 0 Å². The van der Waals surface area contributed by atoms with Gasteiger partial charge in [0.25, 0.3) is 5.56 Å². The number of hydrogen-bond donors (Lipinski definition) is 1. The predicted octanol–water partition coefficient (Wildman–Crippen LogP) is 3.00. The molecule has 2 aromatic heterocycles. The number of H-pyrrole nitrogens is 1. The molecule has 26 heavy (non-hydrogen) atoms. The molecule has 1 aliphatic heterocycles. The molecule has 0 radical (unpaired) electrons. The van der Waals surface area contributed by atoms with Crippen LogP contribution in [0.25, 0.3) is 10.9 Å². The summed E-state index contributed by atoms with van der Waals surface area (Å²) in [5, 5.41) is 6.46. The Bertz CT molecular complexity index is 1010. The van der Waals surface area contributed by atoms with Crippen LogP contribution in [0.15, 0.2) is 29.1 Å². The molecule has 6 nitrogen and oxygen atoms in total. The van der Waals surface area contributed by atoms with Crippen molar-refractivity contribution in [1.29, 1.82) is 0 Å². The lowest BCUT2D eigenvalue weighted by Gasteiger charge is -2.32. The molecule has 0 amide bonds. The summed E-state index contributed by atoms with van der Waals surface area (Å²) < 4.78 is 1.89. The molecule has 1 saturated heterocycles. The number of nitrogens with one attached hydrogen (secondary N) is 1. The van der Waals surface area contributed by atoms with Gasteiger partial charge in [-0.2, -0.15) is 5.10 Å². The molecular weight excluding hydrogens is 350 g/mol. The Hall–Kier alpha value is -2.18. The number of piperidine rings is 1. The molecule has 3 aromatic rings. The third kappa shape index (κ3) is 3.27. The van der Waals surface area contributed by atoms with Gasteiger partial charge in [-0.15, -0.1) is 0 Å². The first-order valence-corrected chi connectivity index (χ1v) is 9.29. The third-order valence-electron chi connectivity index (χ3n) is 5.08. The second-order valence-electron chi connectivity index (χ2n) is 7.03. The lowest BCUT2D eigenvalue weighted by Crippen LogP contribution is -2.35. The second-order valence-corrected chi connectivity index (χ2v) is 7.44. The number of rotatable bonds is 3. The third-order valence-corrected chi connectivity index (χ3v) is 5.39. The van der Waals surface area contributed by atoms with Crippen LogP contribution in [0.4, 0.5) is 0 Å². The van der Waals surface area contributed by atoms with Gasteiger partial charge in [0.05, 0.1) is 21.9 Å². The molecule has 136 valence electrons. The number of fused-ring (bicyclic) bond motifs is 1. The van der Waals surface area contributed by atoms with Crippen molar-refractivity contribution in [3.8, 4) is 0 Å². The number of hydrogen-bond acceptors (Lipinski definition) is 4. The van der Waals surface area contributed by atoms with Gasteiger partial charge >= 0.3 is 0 Å². The summed E-state index contributed by atoms with van der Waals surface area (Å²) in [7, 11) is 1.95. The average molecular weight is 372 g/mol. The fourth-order valence-corrected chi connectivity index (χ4v) is 4.21. The van der Waals surface area contributed by atoms with Crippen molar-refractivity contribution < 1.29 is 0 Å². The van der Waals surface area contributed by atoms with Gasteiger partial charge in [0.1, 0.15) is 5.82 Å². The van der Waals surface area contributed by atoms with Crippen LogP contribution in [-0.4, -0.2) is 37.7 Å². The first-order chi connectivity index (χ1) is 12.5. The van der Waals surface area contributed by atoms with Crippen LogP contribution in [0.5, 0.6) is 0 Å². The number of likely N-dealkylation sites (tertiary alicyclic amines) is 1. The quantitative estimate of drug-likeness (QED) is 0.768. The van der Waals surface area contributed by atoms with Crippen LogP contribution >= 0.6 is 11.6 Å².